The van der Waals surface area contributed by atoms with Gasteiger partial charge in [-0.2, -0.15) is 0 Å². The predicted molar refractivity (Wildman–Crippen MR) is 112 cm³/mol. The summed E-state index contributed by atoms with van der Waals surface area (Å²) in [6.07, 6.45) is 7.71. The molecule has 3 nitrogen and oxygen atoms in total. The number of rotatable bonds is 4. The topological polar surface area (TPSA) is 18.8 Å². The molecule has 2 saturated heterocycles. The number of amidine groups is 1. The highest BCUT2D eigenvalue weighted by Gasteiger charge is 2.39. The number of allylic oxidation sites excluding steroid dienone is 1. The van der Waals surface area contributed by atoms with Crippen LogP contribution in [0, 0.1) is 11.8 Å². The Labute approximate surface area is 161 Å². The van der Waals surface area contributed by atoms with Crippen molar-refractivity contribution in [2.45, 2.75) is 25.7 Å². The van der Waals surface area contributed by atoms with Crippen molar-refractivity contribution in [2.24, 2.45) is 16.8 Å². The fourth-order valence-corrected chi connectivity index (χ4v) is 5.93. The minimum Gasteiger partial charge on any atom is -0.351 e. The molecule has 138 valence electrons. The van der Waals surface area contributed by atoms with E-state index in [0.717, 1.165) is 12.5 Å². The average Bonchev–Trinajstić information content (AvgIpc) is 3.45. The molecule has 2 unspecified atom stereocenters. The SMILES string of the molecule is C1=C(c2ccc(CCN3CCCC3)cc2)C2CN(C3=NCCS3)CC2C1. The number of likely N-dealkylation sites (tertiary alicyclic amines) is 2. The summed E-state index contributed by atoms with van der Waals surface area (Å²) in [5.74, 6) is 2.67. The molecule has 3 heterocycles. The number of hydrogen-bond acceptors (Lipinski definition) is 4. The van der Waals surface area contributed by atoms with E-state index in [4.69, 9.17) is 0 Å². The first-order valence-electron chi connectivity index (χ1n) is 10.3. The van der Waals surface area contributed by atoms with Crippen molar-refractivity contribution >= 4 is 22.5 Å². The van der Waals surface area contributed by atoms with Crippen molar-refractivity contribution in [1.82, 2.24) is 9.80 Å². The maximum atomic E-state index is 4.69. The molecule has 0 bridgehead atoms. The maximum Gasteiger partial charge on any atom is 0.159 e. The zero-order chi connectivity index (χ0) is 17.3. The predicted octanol–water partition coefficient (Wildman–Crippen LogP) is 3.76. The molecule has 0 aromatic heterocycles. The van der Waals surface area contributed by atoms with Crippen molar-refractivity contribution in [3.8, 4) is 0 Å². The molecule has 5 rings (SSSR count). The number of fused-ring (bicyclic) bond motifs is 1. The van der Waals surface area contributed by atoms with Crippen LogP contribution in [0.2, 0.25) is 0 Å². The van der Waals surface area contributed by atoms with Gasteiger partial charge in [0.2, 0.25) is 0 Å². The summed E-state index contributed by atoms with van der Waals surface area (Å²) in [6.45, 7) is 7.20. The first kappa shape index (κ1) is 16.9. The van der Waals surface area contributed by atoms with E-state index in [2.05, 4.69) is 45.1 Å². The molecule has 26 heavy (non-hydrogen) atoms. The minimum absolute atomic E-state index is 0.703. The van der Waals surface area contributed by atoms with Gasteiger partial charge in [-0.05, 0) is 61.4 Å². The molecule has 0 N–H and O–H groups in total. The van der Waals surface area contributed by atoms with Crippen molar-refractivity contribution in [1.29, 1.82) is 0 Å². The summed E-state index contributed by atoms with van der Waals surface area (Å²) in [5, 5.41) is 1.30. The highest BCUT2D eigenvalue weighted by Crippen LogP contribution is 2.43. The first-order chi connectivity index (χ1) is 12.9. The van der Waals surface area contributed by atoms with Crippen LogP contribution in [0.3, 0.4) is 0 Å². The van der Waals surface area contributed by atoms with Crippen LogP contribution < -0.4 is 0 Å². The van der Waals surface area contributed by atoms with Crippen LogP contribution in [-0.4, -0.2) is 60.0 Å². The summed E-state index contributed by atoms with van der Waals surface area (Å²) in [4.78, 5) is 9.84. The molecule has 1 aromatic rings. The molecule has 3 aliphatic heterocycles. The van der Waals surface area contributed by atoms with Crippen LogP contribution in [0.25, 0.3) is 5.57 Å². The first-order valence-corrected chi connectivity index (χ1v) is 11.3. The summed E-state index contributed by atoms with van der Waals surface area (Å²) in [6, 6.07) is 9.47. The van der Waals surface area contributed by atoms with E-state index in [9.17, 15) is 0 Å². The lowest BCUT2D eigenvalue weighted by molar-refractivity contribution is 0.343. The molecule has 4 aliphatic rings. The largest absolute Gasteiger partial charge is 0.351 e. The molecule has 4 heteroatoms. The lowest BCUT2D eigenvalue weighted by Gasteiger charge is -2.19. The van der Waals surface area contributed by atoms with Gasteiger partial charge in [0.15, 0.2) is 5.17 Å². The van der Waals surface area contributed by atoms with Gasteiger partial charge in [0.25, 0.3) is 0 Å². The van der Waals surface area contributed by atoms with Crippen molar-refractivity contribution < 1.29 is 0 Å². The highest BCUT2D eigenvalue weighted by molar-refractivity contribution is 8.14. The van der Waals surface area contributed by atoms with Crippen LogP contribution in [0.4, 0.5) is 0 Å². The second-order valence-electron chi connectivity index (χ2n) is 8.18. The van der Waals surface area contributed by atoms with Gasteiger partial charge >= 0.3 is 0 Å². The number of benzene rings is 1. The molecule has 2 atom stereocenters. The molecule has 2 fully saturated rings. The minimum atomic E-state index is 0.703. The third-order valence-corrected chi connectivity index (χ3v) is 7.56. The van der Waals surface area contributed by atoms with Gasteiger partial charge in [0, 0.05) is 31.3 Å². The van der Waals surface area contributed by atoms with E-state index in [1.165, 1.54) is 80.5 Å². The van der Waals surface area contributed by atoms with Crippen molar-refractivity contribution in [3.63, 3.8) is 0 Å². The Kier molecular flexibility index (Phi) is 4.80. The smallest absolute Gasteiger partial charge is 0.159 e. The Morgan fingerprint density at radius 2 is 1.92 bits per heavy atom. The number of thioether (sulfide) groups is 1. The molecule has 1 aliphatic carbocycles. The number of hydrogen-bond donors (Lipinski definition) is 0. The zero-order valence-electron chi connectivity index (χ0n) is 15.6. The third-order valence-electron chi connectivity index (χ3n) is 6.52. The molecule has 0 spiro atoms. The van der Waals surface area contributed by atoms with Crippen molar-refractivity contribution in [2.75, 3.05) is 45.0 Å². The van der Waals surface area contributed by atoms with Gasteiger partial charge in [-0.25, -0.2) is 0 Å². The summed E-state index contributed by atoms with van der Waals surface area (Å²) in [5.41, 5.74) is 4.53. The van der Waals surface area contributed by atoms with Gasteiger partial charge < -0.3 is 9.80 Å². The van der Waals surface area contributed by atoms with Gasteiger partial charge in [0.05, 0.1) is 6.54 Å². The normalized spacial score (nSPS) is 28.5. The van der Waals surface area contributed by atoms with E-state index in [0.29, 0.717) is 5.92 Å². The van der Waals surface area contributed by atoms with Gasteiger partial charge in [-0.15, -0.1) is 0 Å². The summed E-state index contributed by atoms with van der Waals surface area (Å²) >= 11 is 1.95. The fraction of sp³-hybridized carbons (Fsp3) is 0.591. The molecule has 0 saturated carbocycles. The molecule has 0 radical (unpaired) electrons. The van der Waals surface area contributed by atoms with Gasteiger partial charge in [-0.3, -0.25) is 4.99 Å². The van der Waals surface area contributed by atoms with E-state index in [1.54, 1.807) is 5.57 Å². The van der Waals surface area contributed by atoms with Crippen LogP contribution in [0.15, 0.2) is 35.3 Å². The summed E-state index contributed by atoms with van der Waals surface area (Å²) < 4.78 is 0. The van der Waals surface area contributed by atoms with Gasteiger partial charge in [0.1, 0.15) is 0 Å². The van der Waals surface area contributed by atoms with E-state index in [-0.39, 0.29) is 0 Å². The molecule has 1 aromatic carbocycles. The Bertz CT molecular complexity index is 703. The average molecular weight is 368 g/mol. The maximum absolute atomic E-state index is 4.69. The molecular formula is C22H29N3S. The Hall–Kier alpha value is -1.26. The molecular weight excluding hydrogens is 338 g/mol. The Morgan fingerprint density at radius 1 is 1.08 bits per heavy atom. The number of nitrogens with zero attached hydrogens (tertiary/aromatic N) is 3. The summed E-state index contributed by atoms with van der Waals surface area (Å²) in [7, 11) is 0. The lowest BCUT2D eigenvalue weighted by Crippen LogP contribution is -2.26. The monoisotopic (exact) mass is 367 g/mol. The quantitative estimate of drug-likeness (QED) is 0.807. The van der Waals surface area contributed by atoms with E-state index in [1.807, 2.05) is 11.8 Å². The third kappa shape index (κ3) is 3.34. The van der Waals surface area contributed by atoms with Crippen LogP contribution in [0.1, 0.15) is 30.4 Å². The lowest BCUT2D eigenvalue weighted by atomic mass is 9.90. The van der Waals surface area contributed by atoms with Crippen molar-refractivity contribution in [3.05, 3.63) is 41.5 Å². The van der Waals surface area contributed by atoms with Gasteiger partial charge in [-0.1, -0.05) is 42.1 Å². The molecule has 0 amide bonds. The fourth-order valence-electron chi connectivity index (χ4n) is 5.05. The van der Waals surface area contributed by atoms with E-state index < -0.39 is 0 Å². The second kappa shape index (κ2) is 7.40. The Morgan fingerprint density at radius 3 is 2.69 bits per heavy atom. The van der Waals surface area contributed by atoms with Crippen LogP contribution in [-0.2, 0) is 6.42 Å². The second-order valence-corrected chi connectivity index (χ2v) is 9.24. The number of aliphatic imine (C=N–C) groups is 1. The zero-order valence-corrected chi connectivity index (χ0v) is 16.4. The standard InChI is InChI=1S/C22H29N3S/c1-2-12-24(11-1)13-9-17-3-5-18(6-4-17)20-8-7-19-15-25(16-21(19)20)22-23-10-14-26-22/h3-6,8,19,21H,1-2,7,9-16H2. The Balaban J connectivity index is 1.22. The highest BCUT2D eigenvalue weighted by atomic mass is 32.2. The van der Waals surface area contributed by atoms with Crippen LogP contribution >= 0.6 is 11.8 Å². The van der Waals surface area contributed by atoms with E-state index >= 15 is 0 Å². The van der Waals surface area contributed by atoms with Crippen LogP contribution in [0.5, 0.6) is 0 Å².